The largest absolute Gasteiger partial charge is 0.481 e. The lowest BCUT2D eigenvalue weighted by Gasteiger charge is -2.39. The summed E-state index contributed by atoms with van der Waals surface area (Å²) in [4.78, 5) is 28.5. The number of carbonyl (C=O) groups is 2. The van der Waals surface area contributed by atoms with Crippen molar-refractivity contribution in [1.82, 2.24) is 20.1 Å². The van der Waals surface area contributed by atoms with Crippen molar-refractivity contribution in [3.05, 3.63) is 41.3 Å². The van der Waals surface area contributed by atoms with Crippen LogP contribution in [0, 0.1) is 19.8 Å². The first-order valence-corrected chi connectivity index (χ1v) is 8.85. The number of nitrogens with one attached hydrogen (secondary N) is 1. The molecule has 1 aliphatic rings. The molecule has 7 heteroatoms. The summed E-state index contributed by atoms with van der Waals surface area (Å²) in [5, 5.41) is 16.8. The van der Waals surface area contributed by atoms with E-state index in [0.29, 0.717) is 24.2 Å². The Hall–Kier alpha value is -2.70. The van der Waals surface area contributed by atoms with Gasteiger partial charge in [0, 0.05) is 11.9 Å². The Kier molecular flexibility index (Phi) is 4.80. The molecule has 1 saturated carbocycles. The van der Waals surface area contributed by atoms with E-state index < -0.39 is 17.4 Å². The standard InChI is InChI=1S/C19H24N4O3/c1-12-10-13(2)23(22-12)16-8-7-14(11-20-16)17(24)21-19(3)9-5-4-6-15(19)18(25)26/h7-8,10-11,15H,4-6,9H2,1-3H3,(H,21,24)(H,25,26). The van der Waals surface area contributed by atoms with Crippen molar-refractivity contribution in [3.8, 4) is 5.82 Å². The van der Waals surface area contributed by atoms with E-state index in [2.05, 4.69) is 15.4 Å². The highest BCUT2D eigenvalue weighted by molar-refractivity contribution is 5.94. The maximum atomic E-state index is 12.6. The molecule has 138 valence electrons. The number of carbonyl (C=O) groups excluding carboxylic acids is 1. The molecule has 0 saturated heterocycles. The molecule has 0 radical (unpaired) electrons. The monoisotopic (exact) mass is 356 g/mol. The molecule has 2 unspecified atom stereocenters. The zero-order valence-corrected chi connectivity index (χ0v) is 15.3. The third-order valence-electron chi connectivity index (χ3n) is 5.14. The van der Waals surface area contributed by atoms with Gasteiger partial charge in [-0.3, -0.25) is 9.59 Å². The first kappa shape index (κ1) is 18.1. The Morgan fingerprint density at radius 1 is 1.31 bits per heavy atom. The molecule has 2 atom stereocenters. The van der Waals surface area contributed by atoms with Crippen LogP contribution < -0.4 is 5.32 Å². The number of hydrogen-bond acceptors (Lipinski definition) is 4. The van der Waals surface area contributed by atoms with E-state index in [1.54, 1.807) is 16.8 Å². The fraction of sp³-hybridized carbons (Fsp3) is 0.474. The van der Waals surface area contributed by atoms with Gasteiger partial charge in [-0.15, -0.1) is 0 Å². The van der Waals surface area contributed by atoms with Crippen LogP contribution in [0.4, 0.5) is 0 Å². The van der Waals surface area contributed by atoms with Gasteiger partial charge in [0.25, 0.3) is 5.91 Å². The second-order valence-corrected chi connectivity index (χ2v) is 7.25. The summed E-state index contributed by atoms with van der Waals surface area (Å²) in [7, 11) is 0. The maximum Gasteiger partial charge on any atom is 0.308 e. The van der Waals surface area contributed by atoms with Gasteiger partial charge in [-0.2, -0.15) is 5.10 Å². The van der Waals surface area contributed by atoms with Gasteiger partial charge in [0.2, 0.25) is 0 Å². The minimum absolute atomic E-state index is 0.298. The molecule has 1 amide bonds. The molecule has 1 aliphatic carbocycles. The first-order chi connectivity index (χ1) is 12.3. The van der Waals surface area contributed by atoms with Crippen molar-refractivity contribution in [2.45, 2.75) is 52.0 Å². The predicted octanol–water partition coefficient (Wildman–Crippen LogP) is 2.65. The maximum absolute atomic E-state index is 12.6. The second-order valence-electron chi connectivity index (χ2n) is 7.25. The number of carboxylic acid groups (broad SMARTS) is 1. The number of aryl methyl sites for hydroxylation is 2. The zero-order valence-electron chi connectivity index (χ0n) is 15.3. The summed E-state index contributed by atoms with van der Waals surface area (Å²) in [6, 6.07) is 5.39. The molecule has 0 aliphatic heterocycles. The Balaban J connectivity index is 1.78. The fourth-order valence-electron chi connectivity index (χ4n) is 3.72. The van der Waals surface area contributed by atoms with Crippen LogP contribution in [0.25, 0.3) is 5.82 Å². The SMILES string of the molecule is Cc1cc(C)n(-c2ccc(C(=O)NC3(C)CCCCC3C(=O)O)cn2)n1. The van der Waals surface area contributed by atoms with Crippen LogP contribution in [0.2, 0.25) is 0 Å². The highest BCUT2D eigenvalue weighted by atomic mass is 16.4. The summed E-state index contributed by atoms with van der Waals surface area (Å²) in [5.41, 5.74) is 1.53. The van der Waals surface area contributed by atoms with Crippen LogP contribution in [-0.4, -0.2) is 37.3 Å². The highest BCUT2D eigenvalue weighted by Crippen LogP contribution is 2.34. The van der Waals surface area contributed by atoms with Gasteiger partial charge in [-0.25, -0.2) is 9.67 Å². The molecule has 3 rings (SSSR count). The molecule has 2 aromatic heterocycles. The average Bonchev–Trinajstić information content (AvgIpc) is 2.93. The lowest BCUT2D eigenvalue weighted by atomic mass is 9.74. The van der Waals surface area contributed by atoms with Crippen LogP contribution in [0.15, 0.2) is 24.4 Å². The minimum Gasteiger partial charge on any atom is -0.481 e. The number of carboxylic acids is 1. The van der Waals surface area contributed by atoms with E-state index in [-0.39, 0.29) is 5.91 Å². The van der Waals surface area contributed by atoms with Gasteiger partial charge in [0.15, 0.2) is 5.82 Å². The molecule has 0 bridgehead atoms. The van der Waals surface area contributed by atoms with Gasteiger partial charge in [-0.1, -0.05) is 12.8 Å². The number of pyridine rings is 1. The number of aliphatic carboxylic acids is 1. The molecule has 26 heavy (non-hydrogen) atoms. The van der Waals surface area contributed by atoms with Gasteiger partial charge >= 0.3 is 5.97 Å². The summed E-state index contributed by atoms with van der Waals surface area (Å²) >= 11 is 0. The first-order valence-electron chi connectivity index (χ1n) is 8.85. The highest BCUT2D eigenvalue weighted by Gasteiger charge is 2.42. The van der Waals surface area contributed by atoms with Gasteiger partial charge in [0.05, 0.1) is 22.7 Å². The molecule has 2 aromatic rings. The van der Waals surface area contributed by atoms with Crippen molar-refractivity contribution in [2.75, 3.05) is 0 Å². The van der Waals surface area contributed by atoms with E-state index in [1.165, 1.54) is 6.20 Å². The minimum atomic E-state index is -0.856. The van der Waals surface area contributed by atoms with Gasteiger partial charge in [0.1, 0.15) is 0 Å². The summed E-state index contributed by atoms with van der Waals surface area (Å²) in [5.74, 6) is -1.08. The smallest absolute Gasteiger partial charge is 0.308 e. The van der Waals surface area contributed by atoms with Crippen molar-refractivity contribution in [3.63, 3.8) is 0 Å². The zero-order chi connectivity index (χ0) is 18.9. The Bertz CT molecular complexity index is 828. The Morgan fingerprint density at radius 2 is 2.08 bits per heavy atom. The van der Waals surface area contributed by atoms with E-state index in [9.17, 15) is 14.7 Å². The van der Waals surface area contributed by atoms with Crippen molar-refractivity contribution >= 4 is 11.9 Å². The third kappa shape index (κ3) is 3.47. The van der Waals surface area contributed by atoms with Crippen LogP contribution in [0.5, 0.6) is 0 Å². The number of rotatable bonds is 4. The van der Waals surface area contributed by atoms with Crippen LogP contribution in [0.3, 0.4) is 0 Å². The second kappa shape index (κ2) is 6.90. The average molecular weight is 356 g/mol. The van der Waals surface area contributed by atoms with E-state index in [0.717, 1.165) is 24.2 Å². The van der Waals surface area contributed by atoms with Crippen molar-refractivity contribution < 1.29 is 14.7 Å². The van der Waals surface area contributed by atoms with E-state index in [1.807, 2.05) is 26.8 Å². The summed E-state index contributed by atoms with van der Waals surface area (Å²) in [6.07, 6.45) is 4.54. The number of nitrogens with zero attached hydrogens (tertiary/aromatic N) is 3. The van der Waals surface area contributed by atoms with Crippen molar-refractivity contribution in [1.29, 1.82) is 0 Å². The fourth-order valence-corrected chi connectivity index (χ4v) is 3.72. The molecule has 1 fully saturated rings. The topological polar surface area (TPSA) is 97.1 Å². The summed E-state index contributed by atoms with van der Waals surface area (Å²) in [6.45, 7) is 5.67. The molecule has 0 spiro atoms. The number of amides is 1. The molecule has 7 nitrogen and oxygen atoms in total. The quantitative estimate of drug-likeness (QED) is 0.878. The van der Waals surface area contributed by atoms with Crippen LogP contribution in [0.1, 0.15) is 54.4 Å². The molecule has 2 heterocycles. The van der Waals surface area contributed by atoms with Crippen molar-refractivity contribution in [2.24, 2.45) is 5.92 Å². The Labute approximate surface area is 152 Å². The van der Waals surface area contributed by atoms with Crippen LogP contribution >= 0.6 is 0 Å². The number of hydrogen-bond donors (Lipinski definition) is 2. The third-order valence-corrected chi connectivity index (χ3v) is 5.14. The predicted molar refractivity (Wildman–Crippen MR) is 96.3 cm³/mol. The van der Waals surface area contributed by atoms with Gasteiger partial charge in [-0.05, 0) is 51.8 Å². The van der Waals surface area contributed by atoms with E-state index in [4.69, 9.17) is 0 Å². The van der Waals surface area contributed by atoms with E-state index >= 15 is 0 Å². The lowest BCUT2D eigenvalue weighted by Crippen LogP contribution is -2.55. The molecular weight excluding hydrogens is 332 g/mol. The molecular formula is C19H24N4O3. The normalized spacial score (nSPS) is 22.8. The number of aromatic nitrogens is 3. The molecule has 2 N–H and O–H groups in total. The molecule has 0 aromatic carbocycles. The Morgan fingerprint density at radius 3 is 2.65 bits per heavy atom. The van der Waals surface area contributed by atoms with Gasteiger partial charge < -0.3 is 10.4 Å². The lowest BCUT2D eigenvalue weighted by molar-refractivity contribution is -0.145. The summed E-state index contributed by atoms with van der Waals surface area (Å²) < 4.78 is 1.72. The van der Waals surface area contributed by atoms with Crippen LogP contribution in [-0.2, 0) is 4.79 Å².